The first-order chi connectivity index (χ1) is 10.6. The van der Waals surface area contributed by atoms with Crippen molar-refractivity contribution in [1.82, 2.24) is 5.32 Å². The molecular weight excluding hydrogens is 346 g/mol. The highest BCUT2D eigenvalue weighted by molar-refractivity contribution is 9.10. The van der Waals surface area contributed by atoms with Gasteiger partial charge in [0.15, 0.2) is 0 Å². The minimum atomic E-state index is -0.121. The molecule has 0 aliphatic heterocycles. The van der Waals surface area contributed by atoms with Gasteiger partial charge in [0, 0.05) is 19.2 Å². The number of nitrogens with one attached hydrogen (secondary N) is 1. The predicted octanol–water partition coefficient (Wildman–Crippen LogP) is 3.53. The van der Waals surface area contributed by atoms with Gasteiger partial charge in [-0.15, -0.1) is 0 Å². The Balaban J connectivity index is 1.96. The summed E-state index contributed by atoms with van der Waals surface area (Å²) in [5.41, 5.74) is 2.74. The van der Waals surface area contributed by atoms with Crippen molar-refractivity contribution >= 4 is 21.8 Å². The van der Waals surface area contributed by atoms with Crippen molar-refractivity contribution < 1.29 is 14.3 Å². The maximum Gasteiger partial charge on any atom is 0.251 e. The molecule has 2 aromatic carbocycles. The molecule has 2 aromatic rings. The van der Waals surface area contributed by atoms with E-state index in [-0.39, 0.29) is 5.91 Å². The highest BCUT2D eigenvalue weighted by Crippen LogP contribution is 2.25. The van der Waals surface area contributed by atoms with Gasteiger partial charge in [0.2, 0.25) is 0 Å². The van der Waals surface area contributed by atoms with E-state index >= 15 is 0 Å². The number of hydrogen-bond acceptors (Lipinski definition) is 3. The lowest BCUT2D eigenvalue weighted by Gasteiger charge is -2.08. The molecule has 0 heterocycles. The third-order valence-corrected chi connectivity index (χ3v) is 3.82. The Bertz CT molecular complexity index is 641. The van der Waals surface area contributed by atoms with Gasteiger partial charge in [-0.2, -0.15) is 0 Å². The molecule has 0 saturated carbocycles. The van der Waals surface area contributed by atoms with Crippen LogP contribution in [0.25, 0.3) is 0 Å². The summed E-state index contributed by atoms with van der Waals surface area (Å²) >= 11 is 3.38. The van der Waals surface area contributed by atoms with Crippen LogP contribution in [0.5, 0.6) is 5.75 Å². The Labute approximate surface area is 138 Å². The lowest BCUT2D eigenvalue weighted by molar-refractivity contribution is 0.0951. The van der Waals surface area contributed by atoms with Crippen LogP contribution in [0.1, 0.15) is 21.5 Å². The average Bonchev–Trinajstić information content (AvgIpc) is 2.54. The number of methoxy groups -OCH3 is 2. The van der Waals surface area contributed by atoms with Gasteiger partial charge in [-0.05, 0) is 45.3 Å². The molecule has 0 saturated heterocycles. The van der Waals surface area contributed by atoms with E-state index < -0.39 is 0 Å². The van der Waals surface area contributed by atoms with Crippen LogP contribution < -0.4 is 10.1 Å². The Morgan fingerprint density at radius 1 is 1.09 bits per heavy atom. The minimum absolute atomic E-state index is 0.121. The number of carbonyl (C=O) groups excluding carboxylic acids is 1. The van der Waals surface area contributed by atoms with Crippen molar-refractivity contribution in [3.8, 4) is 5.75 Å². The molecule has 0 aliphatic rings. The third kappa shape index (κ3) is 4.32. The molecule has 4 nitrogen and oxygen atoms in total. The highest BCUT2D eigenvalue weighted by Gasteiger charge is 2.08. The molecule has 1 amide bonds. The topological polar surface area (TPSA) is 47.6 Å². The quantitative estimate of drug-likeness (QED) is 0.853. The lowest BCUT2D eigenvalue weighted by Crippen LogP contribution is -2.22. The number of ether oxygens (including phenoxy) is 2. The first-order valence-corrected chi connectivity index (χ1v) is 7.62. The molecule has 0 atom stereocenters. The van der Waals surface area contributed by atoms with Crippen molar-refractivity contribution in [2.45, 2.75) is 13.2 Å². The number of amides is 1. The number of benzene rings is 2. The Morgan fingerprint density at radius 3 is 2.36 bits per heavy atom. The van der Waals surface area contributed by atoms with Gasteiger partial charge >= 0.3 is 0 Å². The summed E-state index contributed by atoms with van der Waals surface area (Å²) < 4.78 is 11.0. The van der Waals surface area contributed by atoms with Crippen molar-refractivity contribution in [3.63, 3.8) is 0 Å². The molecule has 0 aliphatic carbocycles. The fourth-order valence-corrected chi connectivity index (χ4v) is 2.55. The number of carbonyl (C=O) groups is 1. The summed E-state index contributed by atoms with van der Waals surface area (Å²) in [6.45, 7) is 1.07. The zero-order chi connectivity index (χ0) is 15.9. The summed E-state index contributed by atoms with van der Waals surface area (Å²) in [5, 5.41) is 2.90. The number of rotatable bonds is 6. The number of halogens is 1. The number of hydrogen-bond donors (Lipinski definition) is 1. The Morgan fingerprint density at radius 2 is 1.77 bits per heavy atom. The lowest BCUT2D eigenvalue weighted by atomic mass is 10.1. The standard InChI is InChI=1S/C17H18BrNO3/c1-21-11-13-5-3-12(4-6-13)10-19-17(20)14-7-8-16(22-2)15(18)9-14/h3-9H,10-11H2,1-2H3,(H,19,20). The molecule has 2 rings (SSSR count). The van der Waals surface area contributed by atoms with Crippen LogP contribution in [0, 0.1) is 0 Å². The molecule has 0 fully saturated rings. The normalized spacial score (nSPS) is 10.3. The maximum absolute atomic E-state index is 12.1. The van der Waals surface area contributed by atoms with Crippen LogP contribution in [-0.2, 0) is 17.9 Å². The van der Waals surface area contributed by atoms with Crippen molar-refractivity contribution in [3.05, 3.63) is 63.6 Å². The van der Waals surface area contributed by atoms with Crippen molar-refractivity contribution in [2.75, 3.05) is 14.2 Å². The second-order valence-corrected chi connectivity index (χ2v) is 5.64. The molecule has 0 bridgehead atoms. The zero-order valence-electron chi connectivity index (χ0n) is 12.6. The molecule has 22 heavy (non-hydrogen) atoms. The van der Waals surface area contributed by atoms with Crippen molar-refractivity contribution in [1.29, 1.82) is 0 Å². The van der Waals surface area contributed by atoms with Crippen LogP contribution in [-0.4, -0.2) is 20.1 Å². The SMILES string of the molecule is COCc1ccc(CNC(=O)c2ccc(OC)c(Br)c2)cc1. The van der Waals surface area contributed by atoms with Crippen LogP contribution in [0.4, 0.5) is 0 Å². The van der Waals surface area contributed by atoms with Gasteiger partial charge in [-0.25, -0.2) is 0 Å². The van der Waals surface area contributed by atoms with Gasteiger partial charge in [0.25, 0.3) is 5.91 Å². The van der Waals surface area contributed by atoms with Crippen molar-refractivity contribution in [2.24, 2.45) is 0 Å². The largest absolute Gasteiger partial charge is 0.496 e. The molecule has 1 N–H and O–H groups in total. The second-order valence-electron chi connectivity index (χ2n) is 4.78. The van der Waals surface area contributed by atoms with Crippen LogP contribution in [0.2, 0.25) is 0 Å². The average molecular weight is 364 g/mol. The fraction of sp³-hybridized carbons (Fsp3) is 0.235. The minimum Gasteiger partial charge on any atom is -0.496 e. The van der Waals surface area contributed by atoms with E-state index in [4.69, 9.17) is 9.47 Å². The van der Waals surface area contributed by atoms with E-state index in [0.717, 1.165) is 15.6 Å². The molecule has 0 radical (unpaired) electrons. The first-order valence-electron chi connectivity index (χ1n) is 6.82. The van der Waals surface area contributed by atoms with Gasteiger partial charge in [0.05, 0.1) is 18.2 Å². The van der Waals surface area contributed by atoms with Gasteiger partial charge in [0.1, 0.15) is 5.75 Å². The monoisotopic (exact) mass is 363 g/mol. The summed E-state index contributed by atoms with van der Waals surface area (Å²) in [6.07, 6.45) is 0. The first kappa shape index (κ1) is 16.5. The summed E-state index contributed by atoms with van der Waals surface area (Å²) in [4.78, 5) is 12.1. The highest BCUT2D eigenvalue weighted by atomic mass is 79.9. The smallest absolute Gasteiger partial charge is 0.251 e. The van der Waals surface area contributed by atoms with Gasteiger partial charge in [-0.3, -0.25) is 4.79 Å². The Hall–Kier alpha value is -1.85. The molecular formula is C17H18BrNO3. The van der Waals surface area contributed by atoms with E-state index in [1.165, 1.54) is 0 Å². The van der Waals surface area contributed by atoms with Crippen LogP contribution >= 0.6 is 15.9 Å². The Kier molecular flexibility index (Phi) is 5.98. The van der Waals surface area contributed by atoms with Gasteiger partial charge < -0.3 is 14.8 Å². The second kappa shape index (κ2) is 7.96. The maximum atomic E-state index is 12.1. The van der Waals surface area contributed by atoms with E-state index in [0.29, 0.717) is 24.5 Å². The zero-order valence-corrected chi connectivity index (χ0v) is 14.1. The molecule has 0 spiro atoms. The fourth-order valence-electron chi connectivity index (χ4n) is 2.01. The van der Waals surface area contributed by atoms with E-state index in [1.807, 2.05) is 24.3 Å². The predicted molar refractivity (Wildman–Crippen MR) is 89.0 cm³/mol. The van der Waals surface area contributed by atoms with E-state index in [9.17, 15) is 4.79 Å². The molecule has 0 unspecified atom stereocenters. The van der Waals surface area contributed by atoms with Crippen LogP contribution in [0.3, 0.4) is 0 Å². The molecule has 116 valence electrons. The van der Waals surface area contributed by atoms with Crippen LogP contribution in [0.15, 0.2) is 46.9 Å². The summed E-state index contributed by atoms with van der Waals surface area (Å²) in [7, 11) is 3.26. The summed E-state index contributed by atoms with van der Waals surface area (Å²) in [6, 6.07) is 13.2. The summed E-state index contributed by atoms with van der Waals surface area (Å²) in [5.74, 6) is 0.578. The van der Waals surface area contributed by atoms with E-state index in [2.05, 4.69) is 21.2 Å². The van der Waals surface area contributed by atoms with E-state index in [1.54, 1.807) is 32.4 Å². The van der Waals surface area contributed by atoms with Gasteiger partial charge in [-0.1, -0.05) is 24.3 Å². The molecule has 0 aromatic heterocycles. The third-order valence-electron chi connectivity index (χ3n) is 3.20. The molecule has 5 heteroatoms.